The topological polar surface area (TPSA) is 49.3 Å². The minimum Gasteiger partial charge on any atom is -0.478 e. The van der Waals surface area contributed by atoms with Crippen LogP contribution < -0.4 is 5.32 Å². The number of nitrogens with one attached hydrogen (secondary N) is 1. The molecule has 0 radical (unpaired) electrons. The van der Waals surface area contributed by atoms with Gasteiger partial charge >= 0.3 is 5.97 Å². The second kappa shape index (κ2) is 4.45. The van der Waals surface area contributed by atoms with Gasteiger partial charge in [-0.05, 0) is 31.2 Å². The third-order valence-corrected chi connectivity index (χ3v) is 3.06. The lowest BCUT2D eigenvalue weighted by Gasteiger charge is -2.22. The van der Waals surface area contributed by atoms with Gasteiger partial charge in [-0.1, -0.05) is 30.3 Å². The standard InChI is InChI=1S/C14H15NO2/c1-9-5-3-4-6-11(9)12-7-8-15-10(2)13(12)14(16)17/h3-8,12,15H,1-2H3,(H,16,17). The summed E-state index contributed by atoms with van der Waals surface area (Å²) >= 11 is 0. The fourth-order valence-electron chi connectivity index (χ4n) is 2.16. The Morgan fingerprint density at radius 3 is 2.65 bits per heavy atom. The number of allylic oxidation sites excluding steroid dienone is 2. The average Bonchev–Trinajstić information content (AvgIpc) is 2.28. The van der Waals surface area contributed by atoms with Gasteiger partial charge in [-0.3, -0.25) is 0 Å². The van der Waals surface area contributed by atoms with Gasteiger partial charge in [0.05, 0.1) is 5.57 Å². The number of carboxylic acids is 1. The number of rotatable bonds is 2. The summed E-state index contributed by atoms with van der Waals surface area (Å²) in [4.78, 5) is 11.3. The van der Waals surface area contributed by atoms with Crippen LogP contribution in [-0.4, -0.2) is 11.1 Å². The van der Waals surface area contributed by atoms with Crippen molar-refractivity contribution in [3.05, 3.63) is 58.9 Å². The van der Waals surface area contributed by atoms with Gasteiger partial charge in [-0.2, -0.15) is 0 Å². The molecular weight excluding hydrogens is 214 g/mol. The minimum atomic E-state index is -0.868. The maximum absolute atomic E-state index is 11.3. The molecule has 88 valence electrons. The van der Waals surface area contributed by atoms with E-state index in [1.165, 1.54) is 0 Å². The van der Waals surface area contributed by atoms with Crippen molar-refractivity contribution < 1.29 is 9.90 Å². The number of carboxylic acid groups (broad SMARTS) is 1. The Balaban J connectivity index is 2.51. The van der Waals surface area contributed by atoms with Gasteiger partial charge in [0.1, 0.15) is 0 Å². The van der Waals surface area contributed by atoms with E-state index in [9.17, 15) is 9.90 Å². The predicted molar refractivity (Wildman–Crippen MR) is 66.5 cm³/mol. The fraction of sp³-hybridized carbons (Fsp3) is 0.214. The third-order valence-electron chi connectivity index (χ3n) is 3.06. The van der Waals surface area contributed by atoms with E-state index < -0.39 is 5.97 Å². The minimum absolute atomic E-state index is 0.171. The molecule has 1 unspecified atom stereocenters. The molecule has 0 aliphatic carbocycles. The van der Waals surface area contributed by atoms with Crippen LogP contribution in [0.3, 0.4) is 0 Å². The molecule has 1 aliphatic heterocycles. The van der Waals surface area contributed by atoms with Crippen LogP contribution in [0.15, 0.2) is 47.8 Å². The molecule has 2 N–H and O–H groups in total. The fourth-order valence-corrected chi connectivity index (χ4v) is 2.16. The van der Waals surface area contributed by atoms with Gasteiger partial charge in [-0.15, -0.1) is 0 Å². The van der Waals surface area contributed by atoms with Gasteiger partial charge < -0.3 is 10.4 Å². The Kier molecular flexibility index (Phi) is 3.00. The molecule has 0 saturated heterocycles. The van der Waals surface area contributed by atoms with Crippen molar-refractivity contribution in [1.29, 1.82) is 0 Å². The Hall–Kier alpha value is -2.03. The summed E-state index contributed by atoms with van der Waals surface area (Å²) in [6.45, 7) is 3.79. The van der Waals surface area contributed by atoms with Crippen molar-refractivity contribution in [2.24, 2.45) is 0 Å². The molecule has 2 rings (SSSR count). The Labute approximate surface area is 100 Å². The highest BCUT2D eigenvalue weighted by Crippen LogP contribution is 2.31. The second-order valence-corrected chi connectivity index (χ2v) is 4.18. The number of benzene rings is 1. The van der Waals surface area contributed by atoms with E-state index in [4.69, 9.17) is 0 Å². The van der Waals surface area contributed by atoms with Crippen molar-refractivity contribution in [2.75, 3.05) is 0 Å². The Morgan fingerprint density at radius 2 is 2.00 bits per heavy atom. The lowest BCUT2D eigenvalue weighted by Crippen LogP contribution is -2.21. The first kappa shape index (κ1) is 11.5. The average molecular weight is 229 g/mol. The molecule has 0 saturated carbocycles. The molecule has 1 aliphatic rings. The van der Waals surface area contributed by atoms with E-state index >= 15 is 0 Å². The monoisotopic (exact) mass is 229 g/mol. The molecule has 0 fully saturated rings. The molecule has 0 spiro atoms. The van der Waals surface area contributed by atoms with Crippen LogP contribution in [-0.2, 0) is 4.79 Å². The molecule has 3 heteroatoms. The van der Waals surface area contributed by atoms with E-state index in [0.29, 0.717) is 11.3 Å². The summed E-state index contributed by atoms with van der Waals surface area (Å²) in [6, 6.07) is 7.87. The molecule has 0 aromatic heterocycles. The van der Waals surface area contributed by atoms with E-state index in [2.05, 4.69) is 5.32 Å². The third kappa shape index (κ3) is 2.09. The zero-order chi connectivity index (χ0) is 12.4. The summed E-state index contributed by atoms with van der Waals surface area (Å²) in [5.74, 6) is -1.04. The zero-order valence-electron chi connectivity index (χ0n) is 9.90. The number of hydrogen-bond acceptors (Lipinski definition) is 2. The van der Waals surface area contributed by atoms with E-state index in [1.54, 1.807) is 13.1 Å². The van der Waals surface area contributed by atoms with Crippen LogP contribution >= 0.6 is 0 Å². The largest absolute Gasteiger partial charge is 0.478 e. The van der Waals surface area contributed by atoms with E-state index in [-0.39, 0.29) is 5.92 Å². The van der Waals surface area contributed by atoms with Crippen LogP contribution in [0.2, 0.25) is 0 Å². The molecule has 0 amide bonds. The van der Waals surface area contributed by atoms with E-state index in [1.807, 2.05) is 37.3 Å². The van der Waals surface area contributed by atoms with Crippen LogP contribution in [0, 0.1) is 6.92 Å². The van der Waals surface area contributed by atoms with Crippen molar-refractivity contribution in [2.45, 2.75) is 19.8 Å². The lowest BCUT2D eigenvalue weighted by molar-refractivity contribution is -0.133. The molecule has 1 atom stereocenters. The van der Waals surface area contributed by atoms with Crippen molar-refractivity contribution in [3.8, 4) is 0 Å². The SMILES string of the molecule is CC1=C(C(=O)O)C(c2ccccc2C)C=CN1. The van der Waals surface area contributed by atoms with Crippen molar-refractivity contribution in [3.63, 3.8) is 0 Å². The van der Waals surface area contributed by atoms with Gasteiger partial charge in [0, 0.05) is 11.6 Å². The highest BCUT2D eigenvalue weighted by molar-refractivity contribution is 5.90. The van der Waals surface area contributed by atoms with Gasteiger partial charge in [0.2, 0.25) is 0 Å². The Morgan fingerprint density at radius 1 is 1.29 bits per heavy atom. The Bertz CT molecular complexity index is 515. The van der Waals surface area contributed by atoms with Crippen LogP contribution in [0.4, 0.5) is 0 Å². The molecule has 17 heavy (non-hydrogen) atoms. The molecule has 1 heterocycles. The summed E-state index contributed by atoms with van der Waals surface area (Å²) < 4.78 is 0. The van der Waals surface area contributed by atoms with Crippen molar-refractivity contribution in [1.82, 2.24) is 5.32 Å². The first-order chi connectivity index (χ1) is 8.11. The predicted octanol–water partition coefficient (Wildman–Crippen LogP) is 2.55. The lowest BCUT2D eigenvalue weighted by atomic mass is 9.86. The smallest absolute Gasteiger partial charge is 0.334 e. The number of aryl methyl sites for hydroxylation is 1. The van der Waals surface area contributed by atoms with Crippen LogP contribution in [0.5, 0.6) is 0 Å². The van der Waals surface area contributed by atoms with Gasteiger partial charge in [0.25, 0.3) is 0 Å². The van der Waals surface area contributed by atoms with Crippen LogP contribution in [0.1, 0.15) is 24.0 Å². The van der Waals surface area contributed by atoms with Gasteiger partial charge in [0.15, 0.2) is 0 Å². The summed E-state index contributed by atoms with van der Waals surface area (Å²) in [6.07, 6.45) is 3.69. The number of aliphatic carboxylic acids is 1. The van der Waals surface area contributed by atoms with Crippen molar-refractivity contribution >= 4 is 5.97 Å². The maximum atomic E-state index is 11.3. The second-order valence-electron chi connectivity index (χ2n) is 4.18. The quantitative estimate of drug-likeness (QED) is 0.819. The molecule has 1 aromatic rings. The van der Waals surface area contributed by atoms with E-state index in [0.717, 1.165) is 11.1 Å². The van der Waals surface area contributed by atoms with Gasteiger partial charge in [-0.25, -0.2) is 4.79 Å². The zero-order valence-corrected chi connectivity index (χ0v) is 9.90. The first-order valence-corrected chi connectivity index (χ1v) is 5.54. The molecule has 3 nitrogen and oxygen atoms in total. The summed E-state index contributed by atoms with van der Waals surface area (Å²) in [5, 5.41) is 12.3. The number of carbonyl (C=O) groups is 1. The highest BCUT2D eigenvalue weighted by Gasteiger charge is 2.25. The van der Waals surface area contributed by atoms with Crippen LogP contribution in [0.25, 0.3) is 0 Å². The summed E-state index contributed by atoms with van der Waals surface area (Å²) in [5.41, 5.74) is 3.27. The molecule has 1 aromatic carbocycles. The highest BCUT2D eigenvalue weighted by atomic mass is 16.4. The summed E-state index contributed by atoms with van der Waals surface area (Å²) in [7, 11) is 0. The normalized spacial score (nSPS) is 19.1. The maximum Gasteiger partial charge on any atom is 0.334 e. The molecule has 0 bridgehead atoms. The number of hydrogen-bond donors (Lipinski definition) is 2. The number of dihydropyridines is 1. The molecular formula is C14H15NO2. The first-order valence-electron chi connectivity index (χ1n) is 5.54.